The van der Waals surface area contributed by atoms with E-state index in [1.54, 1.807) is 25.1 Å². The number of carbonyl (C=O) groups excluding carboxylic acids is 2. The molecule has 2 heterocycles. The first-order chi connectivity index (χ1) is 12.2. The lowest BCUT2D eigenvalue weighted by Gasteiger charge is -2.16. The fourth-order valence-corrected chi connectivity index (χ4v) is 5.81. The first-order valence-corrected chi connectivity index (χ1v) is 10.7. The average Bonchev–Trinajstić information content (AvgIpc) is 2.98. The van der Waals surface area contributed by atoms with E-state index in [1.807, 2.05) is 0 Å². The van der Waals surface area contributed by atoms with Crippen LogP contribution in [0.25, 0.3) is 10.4 Å². The number of ether oxygens (including phenoxy) is 1. The van der Waals surface area contributed by atoms with Gasteiger partial charge in [0.15, 0.2) is 9.84 Å². The number of thiophene rings is 1. The maximum atomic E-state index is 12.5. The third kappa shape index (κ3) is 3.49. The second-order valence-electron chi connectivity index (χ2n) is 5.81. The minimum absolute atomic E-state index is 0.172. The molecular formula is C17H16ClNO5S2. The number of rotatable bonds is 4. The molecule has 0 fully saturated rings. The topological polar surface area (TPSA) is 89.5 Å². The van der Waals surface area contributed by atoms with Gasteiger partial charge in [0.25, 0.3) is 5.91 Å². The summed E-state index contributed by atoms with van der Waals surface area (Å²) in [6.45, 7) is 3.44. The Bertz CT molecular complexity index is 997. The monoisotopic (exact) mass is 413 g/mol. The molecule has 0 radical (unpaired) electrons. The summed E-state index contributed by atoms with van der Waals surface area (Å²) in [5.41, 5.74) is 1.11. The Kier molecular flexibility index (Phi) is 5.09. The summed E-state index contributed by atoms with van der Waals surface area (Å²) in [5.74, 6) is -1.16. The van der Waals surface area contributed by atoms with E-state index < -0.39 is 27.8 Å². The van der Waals surface area contributed by atoms with Gasteiger partial charge in [-0.1, -0.05) is 17.7 Å². The zero-order valence-corrected chi connectivity index (χ0v) is 16.4. The first kappa shape index (κ1) is 18.9. The number of amides is 1. The highest BCUT2D eigenvalue weighted by Crippen LogP contribution is 2.43. The zero-order chi connectivity index (χ0) is 19.1. The lowest BCUT2D eigenvalue weighted by Crippen LogP contribution is -2.39. The molecule has 1 N–H and O–H groups in total. The summed E-state index contributed by atoms with van der Waals surface area (Å²) in [7, 11) is -3.52. The summed E-state index contributed by atoms with van der Waals surface area (Å²) in [5, 5.41) is 2.91. The fraction of sp³-hybridized carbons (Fsp3) is 0.294. The maximum Gasteiger partial charge on any atom is 0.328 e. The Hall–Kier alpha value is -1.90. The van der Waals surface area contributed by atoms with E-state index in [2.05, 4.69) is 5.32 Å². The van der Waals surface area contributed by atoms with Crippen LogP contribution < -0.4 is 5.32 Å². The molecule has 1 aliphatic rings. The molecule has 3 rings (SSSR count). The summed E-state index contributed by atoms with van der Waals surface area (Å²) in [6.07, 6.45) is 0. The fourth-order valence-electron chi connectivity index (χ4n) is 2.69. The Balaban J connectivity index is 1.93. The van der Waals surface area contributed by atoms with Crippen LogP contribution in [0.4, 0.5) is 0 Å². The smallest absolute Gasteiger partial charge is 0.328 e. The normalized spacial score (nSPS) is 15.5. The Morgan fingerprint density at radius 2 is 2.08 bits per heavy atom. The summed E-state index contributed by atoms with van der Waals surface area (Å²) >= 11 is 7.12. The van der Waals surface area contributed by atoms with E-state index in [0.717, 1.165) is 4.88 Å². The summed E-state index contributed by atoms with van der Waals surface area (Å²) in [6, 6.07) is 5.45. The third-order valence-electron chi connectivity index (χ3n) is 3.89. The lowest BCUT2D eigenvalue weighted by molar-refractivity contribution is -0.144. The van der Waals surface area contributed by atoms with E-state index in [4.69, 9.17) is 16.3 Å². The number of esters is 1. The highest BCUT2D eigenvalue weighted by Gasteiger charge is 2.31. The largest absolute Gasteiger partial charge is 0.464 e. The number of fused-ring (bicyclic) bond motifs is 3. The number of hydrogen-bond donors (Lipinski definition) is 1. The van der Waals surface area contributed by atoms with Gasteiger partial charge in [-0.2, -0.15) is 0 Å². The molecule has 2 aromatic rings. The van der Waals surface area contributed by atoms with Crippen molar-refractivity contribution in [1.82, 2.24) is 5.32 Å². The molecule has 138 valence electrons. The number of halogens is 1. The second kappa shape index (κ2) is 7.02. The van der Waals surface area contributed by atoms with Crippen LogP contribution in [0, 0.1) is 0 Å². The Morgan fingerprint density at radius 3 is 2.77 bits per heavy atom. The number of nitrogens with one attached hydrogen (secondary N) is 1. The molecular weight excluding hydrogens is 398 g/mol. The molecule has 1 aliphatic heterocycles. The standard InChI is InChI=1S/C17H16ClNO5S2/c1-3-24-17(21)9(2)19-16(20)13-6-10-8-26(22,23)14-7-11(18)4-5-12(14)15(10)25-13/h4-7,9H,3,8H2,1-2H3,(H,19,20). The number of hydrogen-bond acceptors (Lipinski definition) is 6. The van der Waals surface area contributed by atoms with Crippen LogP contribution in [0.1, 0.15) is 29.1 Å². The summed E-state index contributed by atoms with van der Waals surface area (Å²) in [4.78, 5) is 25.3. The highest BCUT2D eigenvalue weighted by atomic mass is 35.5. The van der Waals surface area contributed by atoms with Crippen LogP contribution >= 0.6 is 22.9 Å². The van der Waals surface area contributed by atoms with Crippen LogP contribution in [0.15, 0.2) is 29.2 Å². The van der Waals surface area contributed by atoms with Gasteiger partial charge in [-0.25, -0.2) is 13.2 Å². The van der Waals surface area contributed by atoms with Gasteiger partial charge in [-0.05, 0) is 37.6 Å². The average molecular weight is 414 g/mol. The van der Waals surface area contributed by atoms with Gasteiger partial charge in [0.05, 0.1) is 22.1 Å². The van der Waals surface area contributed by atoms with Crippen molar-refractivity contribution in [2.24, 2.45) is 0 Å². The number of sulfone groups is 1. The maximum absolute atomic E-state index is 12.5. The summed E-state index contributed by atoms with van der Waals surface area (Å²) < 4.78 is 29.8. The van der Waals surface area contributed by atoms with Crippen molar-refractivity contribution >= 4 is 44.7 Å². The van der Waals surface area contributed by atoms with Crippen LogP contribution in [0.2, 0.25) is 5.02 Å². The van der Waals surface area contributed by atoms with Crippen LogP contribution in [0.5, 0.6) is 0 Å². The minimum Gasteiger partial charge on any atom is -0.464 e. The third-order valence-corrected chi connectivity index (χ3v) is 7.03. The molecule has 1 aromatic carbocycles. The number of carbonyl (C=O) groups is 2. The van der Waals surface area contributed by atoms with E-state index in [-0.39, 0.29) is 17.3 Å². The first-order valence-electron chi connectivity index (χ1n) is 7.86. The van der Waals surface area contributed by atoms with E-state index in [0.29, 0.717) is 21.0 Å². The molecule has 26 heavy (non-hydrogen) atoms. The van der Waals surface area contributed by atoms with E-state index >= 15 is 0 Å². The molecule has 1 atom stereocenters. The molecule has 0 spiro atoms. The molecule has 9 heteroatoms. The molecule has 1 unspecified atom stereocenters. The van der Waals surface area contributed by atoms with Gasteiger partial charge in [0, 0.05) is 15.5 Å². The van der Waals surface area contributed by atoms with Crippen LogP contribution in [-0.2, 0) is 25.1 Å². The molecule has 0 saturated heterocycles. The molecule has 0 aliphatic carbocycles. The molecule has 0 bridgehead atoms. The predicted molar refractivity (Wildman–Crippen MR) is 99.2 cm³/mol. The van der Waals surface area contributed by atoms with Gasteiger partial charge in [0.1, 0.15) is 6.04 Å². The van der Waals surface area contributed by atoms with Crippen molar-refractivity contribution in [2.45, 2.75) is 30.5 Å². The van der Waals surface area contributed by atoms with Crippen molar-refractivity contribution in [3.8, 4) is 10.4 Å². The quantitative estimate of drug-likeness (QED) is 0.778. The van der Waals surface area contributed by atoms with Crippen LogP contribution in [0.3, 0.4) is 0 Å². The Morgan fingerprint density at radius 1 is 1.35 bits per heavy atom. The van der Waals surface area contributed by atoms with Crippen molar-refractivity contribution in [3.05, 3.63) is 39.7 Å². The van der Waals surface area contributed by atoms with E-state index in [9.17, 15) is 18.0 Å². The molecule has 6 nitrogen and oxygen atoms in total. The number of benzene rings is 1. The molecule has 0 saturated carbocycles. The lowest BCUT2D eigenvalue weighted by atomic mass is 10.1. The molecule has 1 amide bonds. The van der Waals surface area contributed by atoms with Crippen molar-refractivity contribution < 1.29 is 22.7 Å². The molecule has 1 aromatic heterocycles. The SMILES string of the molecule is CCOC(=O)C(C)NC(=O)c1cc2c(s1)-c1ccc(Cl)cc1S(=O)(=O)C2. The Labute approximate surface area is 160 Å². The van der Waals surface area contributed by atoms with Crippen molar-refractivity contribution in [2.75, 3.05) is 6.61 Å². The van der Waals surface area contributed by atoms with Crippen LogP contribution in [-0.4, -0.2) is 32.9 Å². The van der Waals surface area contributed by atoms with Gasteiger partial charge in [0.2, 0.25) is 0 Å². The minimum atomic E-state index is -3.52. The second-order valence-corrected chi connectivity index (χ2v) is 9.26. The van der Waals surface area contributed by atoms with Crippen molar-refractivity contribution in [3.63, 3.8) is 0 Å². The van der Waals surface area contributed by atoms with Gasteiger partial charge in [-0.3, -0.25) is 4.79 Å². The van der Waals surface area contributed by atoms with Gasteiger partial charge < -0.3 is 10.1 Å². The van der Waals surface area contributed by atoms with Gasteiger partial charge >= 0.3 is 5.97 Å². The van der Waals surface area contributed by atoms with Crippen molar-refractivity contribution in [1.29, 1.82) is 0 Å². The van der Waals surface area contributed by atoms with Gasteiger partial charge in [-0.15, -0.1) is 11.3 Å². The predicted octanol–water partition coefficient (Wildman–Crippen LogP) is 3.04. The zero-order valence-electron chi connectivity index (χ0n) is 14.0. The highest BCUT2D eigenvalue weighted by molar-refractivity contribution is 7.91. The van der Waals surface area contributed by atoms with E-state index in [1.165, 1.54) is 24.3 Å².